The molecule has 0 spiro atoms. The summed E-state index contributed by atoms with van der Waals surface area (Å²) in [5.41, 5.74) is 2.60. The lowest BCUT2D eigenvalue weighted by atomic mass is 10.2. The van der Waals surface area contributed by atoms with Gasteiger partial charge in [-0.05, 0) is 43.9 Å². The first-order valence-electron chi connectivity index (χ1n) is 8.49. The van der Waals surface area contributed by atoms with E-state index in [1.807, 2.05) is 37.3 Å². The third kappa shape index (κ3) is 3.69. The van der Waals surface area contributed by atoms with Gasteiger partial charge in [0.2, 0.25) is 0 Å². The highest BCUT2D eigenvalue weighted by Gasteiger charge is 2.18. The predicted molar refractivity (Wildman–Crippen MR) is 102 cm³/mol. The number of hydrogen-bond acceptors (Lipinski definition) is 4. The average Bonchev–Trinajstić information content (AvgIpc) is 3.01. The molecule has 3 aromatic rings. The molecule has 2 aromatic heterocycles. The van der Waals surface area contributed by atoms with Gasteiger partial charge in [0, 0.05) is 12.7 Å². The summed E-state index contributed by atoms with van der Waals surface area (Å²) in [6, 6.07) is 11.5. The molecule has 2 heterocycles. The number of thioether (sulfide) groups is 1. The lowest BCUT2D eigenvalue weighted by Gasteiger charge is -2.15. The molecule has 0 fully saturated rings. The van der Waals surface area contributed by atoms with Crippen molar-refractivity contribution in [2.45, 2.75) is 38.4 Å². The zero-order valence-electron chi connectivity index (χ0n) is 14.7. The minimum atomic E-state index is -0.190. The number of pyridine rings is 1. The minimum Gasteiger partial charge on any atom is -0.342 e. The zero-order valence-corrected chi connectivity index (χ0v) is 15.5. The van der Waals surface area contributed by atoms with Crippen molar-refractivity contribution in [2.75, 3.05) is 5.75 Å². The molecule has 3 rings (SSSR count). The number of rotatable bonds is 6. The first kappa shape index (κ1) is 17.5. The predicted octanol–water partition coefficient (Wildman–Crippen LogP) is 4.05. The summed E-state index contributed by atoms with van der Waals surface area (Å²) in [6.45, 7) is 6.93. The summed E-state index contributed by atoms with van der Waals surface area (Å²) in [5, 5.41) is 3.96. The largest absolute Gasteiger partial charge is 0.342 e. The van der Waals surface area contributed by atoms with E-state index in [4.69, 9.17) is 4.98 Å². The maximum absolute atomic E-state index is 12.5. The Bertz CT molecular complexity index is 873. The molecule has 1 aromatic carbocycles. The fraction of sp³-hybridized carbons (Fsp3) is 0.316. The Balaban J connectivity index is 1.79. The lowest BCUT2D eigenvalue weighted by molar-refractivity contribution is 0.0937. The van der Waals surface area contributed by atoms with Crippen molar-refractivity contribution in [3.8, 4) is 0 Å². The number of aromatic nitrogens is 3. The number of hydrogen-bond donors (Lipinski definition) is 1. The second-order valence-electron chi connectivity index (χ2n) is 5.72. The molecule has 25 heavy (non-hydrogen) atoms. The monoisotopic (exact) mass is 354 g/mol. The highest BCUT2D eigenvalue weighted by atomic mass is 32.2. The van der Waals surface area contributed by atoms with Crippen LogP contribution in [-0.4, -0.2) is 26.2 Å². The number of para-hydroxylation sites is 2. The number of carbonyl (C=O) groups excluding carboxylic acids is 1. The van der Waals surface area contributed by atoms with Crippen LogP contribution < -0.4 is 5.32 Å². The standard InChI is InChI=1S/C19H22N4OS/c1-4-23-16-9-7-6-8-15(16)22-18(23)13(3)21-19(24)14-10-11-17(20-12-14)25-5-2/h6-13H,4-5H2,1-3H3,(H,21,24). The number of carbonyl (C=O) groups is 1. The van der Waals surface area contributed by atoms with Crippen LogP contribution in [0, 0.1) is 0 Å². The molecular weight excluding hydrogens is 332 g/mol. The van der Waals surface area contributed by atoms with Gasteiger partial charge in [0.25, 0.3) is 5.91 Å². The molecule has 1 unspecified atom stereocenters. The van der Waals surface area contributed by atoms with Crippen molar-refractivity contribution in [3.05, 3.63) is 54.0 Å². The number of nitrogens with zero attached hydrogens (tertiary/aromatic N) is 3. The van der Waals surface area contributed by atoms with Crippen molar-refractivity contribution in [2.24, 2.45) is 0 Å². The molecule has 1 N–H and O–H groups in total. The van der Waals surface area contributed by atoms with Crippen LogP contribution in [0.15, 0.2) is 47.6 Å². The molecular formula is C19H22N4OS. The van der Waals surface area contributed by atoms with Gasteiger partial charge in [-0.3, -0.25) is 4.79 Å². The first-order chi connectivity index (χ1) is 12.1. The van der Waals surface area contributed by atoms with Gasteiger partial charge >= 0.3 is 0 Å². The van der Waals surface area contributed by atoms with E-state index in [0.717, 1.165) is 34.2 Å². The number of benzene rings is 1. The fourth-order valence-corrected chi connectivity index (χ4v) is 3.44. The molecule has 0 saturated carbocycles. The Hall–Kier alpha value is -2.34. The molecule has 0 aliphatic heterocycles. The van der Waals surface area contributed by atoms with Crippen LogP contribution in [-0.2, 0) is 6.54 Å². The number of imidazole rings is 1. The molecule has 6 heteroatoms. The van der Waals surface area contributed by atoms with E-state index in [9.17, 15) is 4.79 Å². The first-order valence-corrected chi connectivity index (χ1v) is 9.47. The van der Waals surface area contributed by atoms with E-state index in [-0.39, 0.29) is 11.9 Å². The van der Waals surface area contributed by atoms with Gasteiger partial charge < -0.3 is 9.88 Å². The molecule has 0 radical (unpaired) electrons. The Morgan fingerprint density at radius 2 is 2.04 bits per heavy atom. The number of amides is 1. The van der Waals surface area contributed by atoms with Crippen LogP contribution in [0.1, 0.15) is 43.0 Å². The summed E-state index contributed by atoms with van der Waals surface area (Å²) in [5.74, 6) is 1.69. The van der Waals surface area contributed by atoms with Crippen molar-refractivity contribution >= 4 is 28.7 Å². The summed E-state index contributed by atoms with van der Waals surface area (Å²) in [6.07, 6.45) is 1.63. The van der Waals surface area contributed by atoms with Crippen LogP contribution in [0.25, 0.3) is 11.0 Å². The zero-order chi connectivity index (χ0) is 17.8. The number of nitrogens with one attached hydrogen (secondary N) is 1. The number of aryl methyl sites for hydroxylation is 1. The highest BCUT2D eigenvalue weighted by Crippen LogP contribution is 2.21. The second kappa shape index (κ2) is 7.70. The number of fused-ring (bicyclic) bond motifs is 1. The van der Waals surface area contributed by atoms with Gasteiger partial charge in [0.05, 0.1) is 27.7 Å². The molecule has 0 aliphatic carbocycles. The molecule has 1 amide bonds. The lowest BCUT2D eigenvalue weighted by Crippen LogP contribution is -2.28. The molecule has 0 bridgehead atoms. The third-order valence-corrected chi connectivity index (χ3v) is 4.85. The van der Waals surface area contributed by atoms with E-state index in [0.29, 0.717) is 5.56 Å². The van der Waals surface area contributed by atoms with Crippen molar-refractivity contribution in [1.29, 1.82) is 0 Å². The van der Waals surface area contributed by atoms with Crippen LogP contribution >= 0.6 is 11.8 Å². The van der Waals surface area contributed by atoms with E-state index in [1.165, 1.54) is 0 Å². The Labute approximate surface area is 151 Å². The summed E-state index contributed by atoms with van der Waals surface area (Å²) in [7, 11) is 0. The maximum atomic E-state index is 12.5. The quantitative estimate of drug-likeness (QED) is 0.678. The average molecular weight is 354 g/mol. The van der Waals surface area contributed by atoms with Gasteiger partial charge in [-0.1, -0.05) is 19.1 Å². The minimum absolute atomic E-state index is 0.136. The smallest absolute Gasteiger partial charge is 0.253 e. The van der Waals surface area contributed by atoms with Gasteiger partial charge in [0.1, 0.15) is 5.82 Å². The maximum Gasteiger partial charge on any atom is 0.253 e. The highest BCUT2D eigenvalue weighted by molar-refractivity contribution is 7.99. The van der Waals surface area contributed by atoms with Crippen LogP contribution in [0.2, 0.25) is 0 Å². The Kier molecular flexibility index (Phi) is 5.38. The van der Waals surface area contributed by atoms with Crippen molar-refractivity contribution in [3.63, 3.8) is 0 Å². The van der Waals surface area contributed by atoms with E-state index in [2.05, 4.69) is 34.8 Å². The van der Waals surface area contributed by atoms with E-state index < -0.39 is 0 Å². The Morgan fingerprint density at radius 3 is 2.72 bits per heavy atom. The molecule has 5 nitrogen and oxygen atoms in total. The van der Waals surface area contributed by atoms with E-state index >= 15 is 0 Å². The van der Waals surface area contributed by atoms with Crippen molar-refractivity contribution < 1.29 is 4.79 Å². The Morgan fingerprint density at radius 1 is 1.24 bits per heavy atom. The fourth-order valence-electron chi connectivity index (χ4n) is 2.85. The van der Waals surface area contributed by atoms with Gasteiger partial charge in [-0.25, -0.2) is 9.97 Å². The van der Waals surface area contributed by atoms with Gasteiger partial charge in [0.15, 0.2) is 0 Å². The second-order valence-corrected chi connectivity index (χ2v) is 7.00. The van der Waals surface area contributed by atoms with Gasteiger partial charge in [-0.15, -0.1) is 11.8 Å². The van der Waals surface area contributed by atoms with Crippen molar-refractivity contribution in [1.82, 2.24) is 19.9 Å². The van der Waals surface area contributed by atoms with Crippen LogP contribution in [0.3, 0.4) is 0 Å². The van der Waals surface area contributed by atoms with Crippen LogP contribution in [0.5, 0.6) is 0 Å². The topological polar surface area (TPSA) is 59.8 Å². The summed E-state index contributed by atoms with van der Waals surface area (Å²) >= 11 is 1.66. The molecule has 130 valence electrons. The molecule has 0 aliphatic rings. The van der Waals surface area contributed by atoms with Crippen LogP contribution in [0.4, 0.5) is 0 Å². The molecule has 1 atom stereocenters. The third-order valence-electron chi connectivity index (χ3n) is 4.03. The summed E-state index contributed by atoms with van der Waals surface area (Å²) < 4.78 is 2.14. The molecule has 0 saturated heterocycles. The van der Waals surface area contributed by atoms with Gasteiger partial charge in [-0.2, -0.15) is 0 Å². The van der Waals surface area contributed by atoms with E-state index in [1.54, 1.807) is 18.0 Å². The normalized spacial score (nSPS) is 12.3. The summed E-state index contributed by atoms with van der Waals surface area (Å²) in [4.78, 5) is 21.5. The SMILES string of the molecule is CCSc1ccc(C(=O)NC(C)c2nc3ccccc3n2CC)cn1.